The number of anilines is 2. The summed E-state index contributed by atoms with van der Waals surface area (Å²) in [5.41, 5.74) is 3.59. The van der Waals surface area contributed by atoms with E-state index < -0.39 is 0 Å². The highest BCUT2D eigenvalue weighted by atomic mass is 16.5. The summed E-state index contributed by atoms with van der Waals surface area (Å²) >= 11 is 0. The summed E-state index contributed by atoms with van der Waals surface area (Å²) in [5, 5.41) is 11.0. The van der Waals surface area contributed by atoms with E-state index in [0.717, 1.165) is 48.3 Å². The molecule has 1 amide bonds. The van der Waals surface area contributed by atoms with Crippen molar-refractivity contribution < 1.29 is 14.3 Å². The summed E-state index contributed by atoms with van der Waals surface area (Å²) in [4.78, 5) is 21.5. The van der Waals surface area contributed by atoms with Crippen molar-refractivity contribution in [2.24, 2.45) is 0 Å². The maximum Gasteiger partial charge on any atom is 0.256 e. The summed E-state index contributed by atoms with van der Waals surface area (Å²) < 4.78 is 11.4. The molecule has 2 N–H and O–H groups in total. The smallest absolute Gasteiger partial charge is 0.256 e. The molecule has 1 aliphatic heterocycles. The number of H-pyrrole nitrogens is 1. The van der Waals surface area contributed by atoms with Crippen LogP contribution in [-0.4, -0.2) is 72.4 Å². The number of nitrogens with zero attached hydrogens (tertiary/aromatic N) is 4. The summed E-state index contributed by atoms with van der Waals surface area (Å²) in [6.07, 6.45) is 3.49. The highest BCUT2D eigenvalue weighted by molar-refractivity contribution is 6.08. The second-order valence-corrected chi connectivity index (χ2v) is 8.83. The molecule has 4 aromatic rings. The minimum absolute atomic E-state index is 0.194. The zero-order valence-corrected chi connectivity index (χ0v) is 20.3. The maximum absolute atomic E-state index is 12.8. The number of aromatic nitrogens is 3. The molecule has 1 saturated heterocycles. The van der Waals surface area contributed by atoms with Gasteiger partial charge in [-0.2, -0.15) is 5.10 Å². The number of likely N-dealkylation sites (N-methyl/N-ethyl adjacent to an activating group) is 1. The molecule has 0 aliphatic carbocycles. The molecular weight excluding hydrogens is 456 g/mol. The molecule has 0 saturated carbocycles. The zero-order chi connectivity index (χ0) is 24.7. The van der Waals surface area contributed by atoms with Gasteiger partial charge in [0.15, 0.2) is 5.82 Å². The van der Waals surface area contributed by atoms with Gasteiger partial charge in [0.25, 0.3) is 5.91 Å². The lowest BCUT2D eigenvalue weighted by Crippen LogP contribution is -2.44. The van der Waals surface area contributed by atoms with Crippen LogP contribution in [0, 0.1) is 0 Å². The molecule has 3 heterocycles. The lowest BCUT2D eigenvalue weighted by Gasteiger charge is -2.34. The van der Waals surface area contributed by atoms with Crippen LogP contribution in [0.3, 0.4) is 0 Å². The highest BCUT2D eigenvalue weighted by Crippen LogP contribution is 2.25. The van der Waals surface area contributed by atoms with Crippen LogP contribution in [0.2, 0.25) is 0 Å². The summed E-state index contributed by atoms with van der Waals surface area (Å²) in [6, 6.07) is 17.2. The largest absolute Gasteiger partial charge is 0.491 e. The monoisotopic (exact) mass is 486 g/mol. The quantitative estimate of drug-likeness (QED) is 0.349. The average Bonchev–Trinajstić information content (AvgIpc) is 3.31. The number of hydrogen-bond acceptors (Lipinski definition) is 7. The summed E-state index contributed by atoms with van der Waals surface area (Å²) in [7, 11) is 2.14. The van der Waals surface area contributed by atoms with Crippen LogP contribution in [0.15, 0.2) is 67.0 Å². The molecule has 0 bridgehead atoms. The van der Waals surface area contributed by atoms with E-state index in [2.05, 4.69) is 37.3 Å². The number of nitrogens with one attached hydrogen (secondary N) is 2. The van der Waals surface area contributed by atoms with Crippen LogP contribution in [-0.2, 0) is 11.3 Å². The first-order valence-electron chi connectivity index (χ1n) is 12.1. The van der Waals surface area contributed by atoms with Gasteiger partial charge in [-0.05, 0) is 61.1 Å². The number of benzene rings is 2. The van der Waals surface area contributed by atoms with Crippen LogP contribution in [0.25, 0.3) is 10.9 Å². The topological polar surface area (TPSA) is 95.6 Å². The second kappa shape index (κ2) is 11.2. The Balaban J connectivity index is 1.13. The first-order valence-corrected chi connectivity index (χ1v) is 12.1. The van der Waals surface area contributed by atoms with E-state index in [1.807, 2.05) is 54.6 Å². The Kier molecular flexibility index (Phi) is 7.39. The minimum atomic E-state index is -0.194. The molecule has 36 heavy (non-hydrogen) atoms. The molecule has 9 nitrogen and oxygen atoms in total. The third-order valence-corrected chi connectivity index (χ3v) is 6.28. The molecule has 186 valence electrons. The first kappa shape index (κ1) is 23.8. The molecule has 0 atom stereocenters. The van der Waals surface area contributed by atoms with Gasteiger partial charge in [-0.15, -0.1) is 0 Å². The number of aromatic amines is 1. The van der Waals surface area contributed by atoms with E-state index in [-0.39, 0.29) is 5.91 Å². The van der Waals surface area contributed by atoms with Gasteiger partial charge < -0.3 is 24.6 Å². The Morgan fingerprint density at radius 2 is 1.78 bits per heavy atom. The van der Waals surface area contributed by atoms with E-state index in [1.165, 1.54) is 0 Å². The van der Waals surface area contributed by atoms with Gasteiger partial charge in [-0.25, -0.2) is 0 Å². The Bertz CT molecular complexity index is 1280. The second-order valence-electron chi connectivity index (χ2n) is 8.83. The van der Waals surface area contributed by atoms with Crippen molar-refractivity contribution in [3.8, 4) is 5.75 Å². The van der Waals surface area contributed by atoms with Crippen molar-refractivity contribution in [1.29, 1.82) is 0 Å². The third-order valence-electron chi connectivity index (χ3n) is 6.28. The number of pyridine rings is 1. The number of ether oxygens (including phenoxy) is 2. The third kappa shape index (κ3) is 5.81. The van der Waals surface area contributed by atoms with Crippen LogP contribution >= 0.6 is 0 Å². The van der Waals surface area contributed by atoms with Gasteiger partial charge in [-0.3, -0.25) is 14.9 Å². The number of rotatable bonds is 9. The van der Waals surface area contributed by atoms with Gasteiger partial charge in [-0.1, -0.05) is 0 Å². The number of hydrogen-bond donors (Lipinski definition) is 2. The molecule has 0 radical (unpaired) electrons. The Labute approximate surface area is 210 Å². The van der Waals surface area contributed by atoms with E-state index in [1.54, 1.807) is 12.4 Å². The number of carbonyl (C=O) groups is 1. The first-order chi connectivity index (χ1) is 17.7. The summed E-state index contributed by atoms with van der Waals surface area (Å²) in [5.74, 6) is 1.00. The molecular formula is C27H30N6O3. The standard InChI is InChI=1S/C27H30N6O3/c1-32-12-14-33(15-13-32)22-4-2-21(3-5-22)27(34)29-26-24-7-6-23(18-25(24)30-31-26)36-17-16-35-19-20-8-10-28-11-9-20/h2-11,18H,12-17,19H2,1H3,(H2,29,30,31,34). The predicted octanol–water partition coefficient (Wildman–Crippen LogP) is 3.56. The highest BCUT2D eigenvalue weighted by Gasteiger charge is 2.16. The number of piperazine rings is 1. The fraction of sp³-hybridized carbons (Fsp3) is 0.296. The van der Waals surface area contributed by atoms with Crippen molar-refractivity contribution in [2.45, 2.75) is 6.61 Å². The van der Waals surface area contributed by atoms with E-state index in [0.29, 0.717) is 37.0 Å². The van der Waals surface area contributed by atoms with Crippen LogP contribution in [0.5, 0.6) is 5.75 Å². The van der Waals surface area contributed by atoms with Gasteiger partial charge >= 0.3 is 0 Å². The maximum atomic E-state index is 12.8. The van der Waals surface area contributed by atoms with Gasteiger partial charge in [0, 0.05) is 61.3 Å². The van der Waals surface area contributed by atoms with Crippen molar-refractivity contribution in [2.75, 3.05) is 56.7 Å². The SMILES string of the molecule is CN1CCN(c2ccc(C(=O)Nc3n[nH]c4cc(OCCOCc5ccncc5)ccc34)cc2)CC1. The molecule has 0 spiro atoms. The van der Waals surface area contributed by atoms with Crippen LogP contribution < -0.4 is 15.0 Å². The lowest BCUT2D eigenvalue weighted by atomic mass is 10.1. The van der Waals surface area contributed by atoms with Gasteiger partial charge in [0.05, 0.1) is 18.7 Å². The van der Waals surface area contributed by atoms with E-state index in [4.69, 9.17) is 9.47 Å². The van der Waals surface area contributed by atoms with Crippen LogP contribution in [0.4, 0.5) is 11.5 Å². The zero-order valence-electron chi connectivity index (χ0n) is 20.3. The van der Waals surface area contributed by atoms with E-state index in [9.17, 15) is 4.79 Å². The summed E-state index contributed by atoms with van der Waals surface area (Å²) in [6.45, 7) is 5.49. The molecule has 2 aromatic carbocycles. The molecule has 2 aromatic heterocycles. The van der Waals surface area contributed by atoms with Crippen molar-refractivity contribution in [3.63, 3.8) is 0 Å². The predicted molar refractivity (Wildman–Crippen MR) is 140 cm³/mol. The molecule has 1 aliphatic rings. The Morgan fingerprint density at radius 3 is 2.56 bits per heavy atom. The van der Waals surface area contributed by atoms with Crippen molar-refractivity contribution >= 4 is 28.3 Å². The fourth-order valence-electron chi connectivity index (χ4n) is 4.14. The van der Waals surface area contributed by atoms with Crippen molar-refractivity contribution in [1.82, 2.24) is 20.1 Å². The Morgan fingerprint density at radius 1 is 1.00 bits per heavy atom. The van der Waals surface area contributed by atoms with Crippen molar-refractivity contribution in [3.05, 3.63) is 78.1 Å². The Hall–Kier alpha value is -3.95. The number of fused-ring (bicyclic) bond motifs is 1. The van der Waals surface area contributed by atoms with E-state index >= 15 is 0 Å². The molecule has 5 rings (SSSR count). The lowest BCUT2D eigenvalue weighted by molar-refractivity contribution is 0.0889. The van der Waals surface area contributed by atoms with Gasteiger partial charge in [0.2, 0.25) is 0 Å². The molecule has 1 fully saturated rings. The fourth-order valence-corrected chi connectivity index (χ4v) is 4.14. The average molecular weight is 487 g/mol. The number of amides is 1. The van der Waals surface area contributed by atoms with Gasteiger partial charge in [0.1, 0.15) is 12.4 Å². The minimum Gasteiger partial charge on any atom is -0.491 e. The molecule has 9 heteroatoms. The van der Waals surface area contributed by atoms with Crippen LogP contribution in [0.1, 0.15) is 15.9 Å². The normalized spacial score (nSPS) is 14.2. The number of carbonyl (C=O) groups excluding carboxylic acids is 1. The molecule has 0 unspecified atom stereocenters.